The van der Waals surface area contributed by atoms with Crippen molar-refractivity contribution in [1.29, 1.82) is 0 Å². The molecule has 0 radical (unpaired) electrons. The van der Waals surface area contributed by atoms with Crippen LogP contribution < -0.4 is 10.6 Å². The third kappa shape index (κ3) is 9.04. The van der Waals surface area contributed by atoms with Gasteiger partial charge >= 0.3 is 0 Å². The average Bonchev–Trinajstić information content (AvgIpc) is 2.73. The van der Waals surface area contributed by atoms with E-state index >= 15 is 0 Å². The van der Waals surface area contributed by atoms with Crippen LogP contribution >= 0.6 is 24.0 Å². The van der Waals surface area contributed by atoms with Crippen LogP contribution in [-0.2, 0) is 26.0 Å². The molecule has 8 nitrogen and oxygen atoms in total. The van der Waals surface area contributed by atoms with Crippen LogP contribution in [0, 0.1) is 5.92 Å². The first kappa shape index (κ1) is 27.1. The smallest absolute Gasteiger partial charge is 0.242 e. The molecule has 0 atom stereocenters. The zero-order chi connectivity index (χ0) is 21.1. The van der Waals surface area contributed by atoms with Crippen LogP contribution in [0.5, 0.6) is 0 Å². The highest BCUT2D eigenvalue weighted by Gasteiger charge is 2.16. The Balaban J connectivity index is 0.00000450. The summed E-state index contributed by atoms with van der Waals surface area (Å²) in [5.74, 6) is 1.34. The summed E-state index contributed by atoms with van der Waals surface area (Å²) >= 11 is 0. The molecule has 1 aliphatic heterocycles. The standard InChI is InChI=1S/C20H34N4O4S.HI/c1-21-20(22-11-4-12-28-16-18-9-13-27-14-10-18)23-15-17-5-7-19(8-6-17)29(25,26)24(2)3;/h5-8,18H,4,9-16H2,1-3H3,(H2,21,22,23);1H. The Bertz CT molecular complexity index is 736. The van der Waals surface area contributed by atoms with Gasteiger partial charge in [-0.3, -0.25) is 4.99 Å². The zero-order valence-corrected chi connectivity index (χ0v) is 21.2. The van der Waals surface area contributed by atoms with Crippen molar-refractivity contribution in [3.05, 3.63) is 29.8 Å². The number of guanidine groups is 1. The number of ether oxygens (including phenoxy) is 2. The van der Waals surface area contributed by atoms with Gasteiger partial charge in [-0.15, -0.1) is 24.0 Å². The summed E-state index contributed by atoms with van der Waals surface area (Å²) in [4.78, 5) is 4.50. The molecule has 0 amide bonds. The van der Waals surface area contributed by atoms with E-state index in [1.54, 1.807) is 31.3 Å². The highest BCUT2D eigenvalue weighted by Crippen LogP contribution is 2.15. The molecule has 0 saturated carbocycles. The van der Waals surface area contributed by atoms with Crippen LogP contribution in [0.2, 0.25) is 0 Å². The fraction of sp³-hybridized carbons (Fsp3) is 0.650. The highest BCUT2D eigenvalue weighted by molar-refractivity contribution is 14.0. The van der Waals surface area contributed by atoms with Gasteiger partial charge in [-0.2, -0.15) is 0 Å². The molecule has 30 heavy (non-hydrogen) atoms. The summed E-state index contributed by atoms with van der Waals surface area (Å²) < 4.78 is 36.5. The molecule has 1 saturated heterocycles. The second kappa shape index (κ2) is 14.2. The summed E-state index contributed by atoms with van der Waals surface area (Å²) in [5.41, 5.74) is 0.977. The molecule has 0 spiro atoms. The maximum Gasteiger partial charge on any atom is 0.242 e. The van der Waals surface area contributed by atoms with Crippen molar-refractivity contribution in [2.75, 3.05) is 54.1 Å². The van der Waals surface area contributed by atoms with E-state index in [2.05, 4.69) is 15.6 Å². The number of aliphatic imine (C=N–C) groups is 1. The third-order valence-electron chi connectivity index (χ3n) is 4.84. The largest absolute Gasteiger partial charge is 0.381 e. The molecule has 1 aromatic carbocycles. The number of rotatable bonds is 10. The van der Waals surface area contributed by atoms with Gasteiger partial charge in [0.05, 0.1) is 4.90 Å². The number of hydrogen-bond donors (Lipinski definition) is 2. The van der Waals surface area contributed by atoms with Gasteiger partial charge in [0.2, 0.25) is 10.0 Å². The molecular formula is C20H35IN4O4S. The maximum atomic E-state index is 12.1. The lowest BCUT2D eigenvalue weighted by Gasteiger charge is -2.21. The molecule has 1 aliphatic rings. The first-order chi connectivity index (χ1) is 13.9. The second-order valence-corrected chi connectivity index (χ2v) is 9.42. The minimum Gasteiger partial charge on any atom is -0.381 e. The third-order valence-corrected chi connectivity index (χ3v) is 6.67. The number of nitrogens with one attached hydrogen (secondary N) is 2. The molecule has 0 aromatic heterocycles. The van der Waals surface area contributed by atoms with Crippen molar-refractivity contribution in [1.82, 2.24) is 14.9 Å². The fourth-order valence-electron chi connectivity index (χ4n) is 2.94. The van der Waals surface area contributed by atoms with E-state index in [0.717, 1.165) is 57.8 Å². The Labute approximate surface area is 197 Å². The summed E-state index contributed by atoms with van der Waals surface area (Å²) in [7, 11) is 1.38. The highest BCUT2D eigenvalue weighted by atomic mass is 127. The topological polar surface area (TPSA) is 92.3 Å². The number of sulfonamides is 1. The molecule has 2 N–H and O–H groups in total. The lowest BCUT2D eigenvalue weighted by atomic mass is 10.0. The van der Waals surface area contributed by atoms with Crippen molar-refractivity contribution >= 4 is 40.0 Å². The van der Waals surface area contributed by atoms with Crippen LogP contribution in [0.15, 0.2) is 34.2 Å². The monoisotopic (exact) mass is 554 g/mol. The first-order valence-electron chi connectivity index (χ1n) is 10.0. The fourth-order valence-corrected chi connectivity index (χ4v) is 3.84. The quantitative estimate of drug-likeness (QED) is 0.199. The summed E-state index contributed by atoms with van der Waals surface area (Å²) in [6.07, 6.45) is 3.09. The summed E-state index contributed by atoms with van der Waals surface area (Å²) in [5, 5.41) is 6.50. The Morgan fingerprint density at radius 1 is 1.20 bits per heavy atom. The second-order valence-electron chi connectivity index (χ2n) is 7.27. The Hall–Kier alpha value is -0.950. The molecule has 1 aromatic rings. The van der Waals surface area contributed by atoms with E-state index < -0.39 is 10.0 Å². The SMILES string of the molecule is CN=C(NCCCOCC1CCOCC1)NCc1ccc(S(=O)(=O)N(C)C)cc1.I. The molecule has 10 heteroatoms. The minimum atomic E-state index is -3.40. The van der Waals surface area contributed by atoms with Crippen LogP contribution in [-0.4, -0.2) is 72.8 Å². The van der Waals surface area contributed by atoms with Crippen LogP contribution in [0.3, 0.4) is 0 Å². The van der Waals surface area contributed by atoms with Gasteiger partial charge in [0.15, 0.2) is 5.96 Å². The van der Waals surface area contributed by atoms with E-state index in [4.69, 9.17) is 9.47 Å². The Morgan fingerprint density at radius 3 is 2.47 bits per heavy atom. The molecule has 1 heterocycles. The summed E-state index contributed by atoms with van der Waals surface area (Å²) in [6, 6.07) is 6.86. The van der Waals surface area contributed by atoms with E-state index in [0.29, 0.717) is 18.4 Å². The molecule has 2 rings (SSSR count). The van der Waals surface area contributed by atoms with Gasteiger partial charge in [-0.1, -0.05) is 12.1 Å². The predicted molar refractivity (Wildman–Crippen MR) is 130 cm³/mol. The number of halogens is 1. The average molecular weight is 554 g/mol. The molecule has 172 valence electrons. The summed E-state index contributed by atoms with van der Waals surface area (Å²) in [6.45, 7) is 4.58. The van der Waals surface area contributed by atoms with Crippen molar-refractivity contribution in [2.45, 2.75) is 30.7 Å². The van der Waals surface area contributed by atoms with E-state index in [9.17, 15) is 8.42 Å². The van der Waals surface area contributed by atoms with E-state index in [1.165, 1.54) is 18.4 Å². The van der Waals surface area contributed by atoms with E-state index in [-0.39, 0.29) is 28.9 Å². The van der Waals surface area contributed by atoms with Gasteiger partial charge in [-0.25, -0.2) is 12.7 Å². The van der Waals surface area contributed by atoms with Crippen LogP contribution in [0.4, 0.5) is 0 Å². The predicted octanol–water partition coefficient (Wildman–Crippen LogP) is 2.05. The number of benzene rings is 1. The normalized spacial score (nSPS) is 15.7. The Morgan fingerprint density at radius 2 is 1.87 bits per heavy atom. The molecule has 1 fully saturated rings. The van der Waals surface area contributed by atoms with Crippen molar-refractivity contribution in [3.8, 4) is 0 Å². The van der Waals surface area contributed by atoms with Gasteiger partial charge in [0.25, 0.3) is 0 Å². The molecule has 0 unspecified atom stereocenters. The van der Waals surface area contributed by atoms with Crippen LogP contribution in [0.25, 0.3) is 0 Å². The lowest BCUT2D eigenvalue weighted by molar-refractivity contribution is 0.0203. The minimum absolute atomic E-state index is 0. The van der Waals surface area contributed by atoms with Gasteiger partial charge in [0, 0.05) is 60.7 Å². The van der Waals surface area contributed by atoms with Gasteiger partial charge in [-0.05, 0) is 42.9 Å². The number of hydrogen-bond acceptors (Lipinski definition) is 5. The molecular weight excluding hydrogens is 519 g/mol. The van der Waals surface area contributed by atoms with Crippen molar-refractivity contribution < 1.29 is 17.9 Å². The zero-order valence-electron chi connectivity index (χ0n) is 18.1. The maximum absolute atomic E-state index is 12.1. The van der Waals surface area contributed by atoms with E-state index in [1.807, 2.05) is 0 Å². The number of nitrogens with zero attached hydrogens (tertiary/aromatic N) is 2. The lowest BCUT2D eigenvalue weighted by Crippen LogP contribution is -2.37. The van der Waals surface area contributed by atoms with Crippen molar-refractivity contribution in [3.63, 3.8) is 0 Å². The van der Waals surface area contributed by atoms with Crippen molar-refractivity contribution in [2.24, 2.45) is 10.9 Å². The van der Waals surface area contributed by atoms with Crippen LogP contribution in [0.1, 0.15) is 24.8 Å². The molecule has 0 aliphatic carbocycles. The molecule has 0 bridgehead atoms. The van der Waals surface area contributed by atoms with Gasteiger partial charge in [0.1, 0.15) is 0 Å². The van der Waals surface area contributed by atoms with Gasteiger partial charge < -0.3 is 20.1 Å². The first-order valence-corrected chi connectivity index (χ1v) is 11.5. The Kier molecular flexibility index (Phi) is 12.8.